The molecular formula is C18H26N2S. The SMILES string of the molecule is CCCNC(C#N)(CSCC1CCCC1)c1ccccc1. The van der Waals surface area contributed by atoms with Crippen LogP contribution in [0.1, 0.15) is 44.6 Å². The molecule has 0 heterocycles. The highest BCUT2D eigenvalue weighted by Gasteiger charge is 2.31. The number of nitrogens with zero attached hydrogens (tertiary/aromatic N) is 1. The van der Waals surface area contributed by atoms with E-state index < -0.39 is 5.54 Å². The summed E-state index contributed by atoms with van der Waals surface area (Å²) < 4.78 is 0. The van der Waals surface area contributed by atoms with Gasteiger partial charge in [-0.05, 0) is 43.0 Å². The van der Waals surface area contributed by atoms with Crippen LogP contribution in [0.2, 0.25) is 0 Å². The van der Waals surface area contributed by atoms with Crippen molar-refractivity contribution in [1.82, 2.24) is 5.32 Å². The van der Waals surface area contributed by atoms with Crippen LogP contribution < -0.4 is 5.32 Å². The van der Waals surface area contributed by atoms with Gasteiger partial charge in [0.25, 0.3) is 0 Å². The standard InChI is InChI=1S/C18H26N2S/c1-2-12-20-18(14-19,17-10-4-3-5-11-17)15-21-13-16-8-6-7-9-16/h3-5,10-11,16,20H,2,6-9,12-13,15H2,1H3. The van der Waals surface area contributed by atoms with Crippen LogP contribution in [0.15, 0.2) is 30.3 Å². The zero-order valence-electron chi connectivity index (χ0n) is 13.0. The number of hydrogen-bond donors (Lipinski definition) is 1. The van der Waals surface area contributed by atoms with Gasteiger partial charge in [-0.15, -0.1) is 0 Å². The summed E-state index contributed by atoms with van der Waals surface area (Å²) >= 11 is 1.94. The molecule has 1 saturated carbocycles. The molecule has 0 spiro atoms. The zero-order valence-corrected chi connectivity index (χ0v) is 13.8. The van der Waals surface area contributed by atoms with Crippen molar-refractivity contribution >= 4 is 11.8 Å². The lowest BCUT2D eigenvalue weighted by Gasteiger charge is -2.28. The van der Waals surface area contributed by atoms with E-state index in [1.807, 2.05) is 30.0 Å². The van der Waals surface area contributed by atoms with Crippen molar-refractivity contribution < 1.29 is 0 Å². The van der Waals surface area contributed by atoms with Gasteiger partial charge in [-0.2, -0.15) is 17.0 Å². The average Bonchev–Trinajstić information content (AvgIpc) is 3.05. The van der Waals surface area contributed by atoms with E-state index >= 15 is 0 Å². The van der Waals surface area contributed by atoms with Gasteiger partial charge in [0, 0.05) is 5.75 Å². The molecule has 0 aromatic heterocycles. The minimum absolute atomic E-state index is 0.541. The Balaban J connectivity index is 2.02. The summed E-state index contributed by atoms with van der Waals surface area (Å²) in [5.74, 6) is 2.90. The van der Waals surface area contributed by atoms with Crippen LogP contribution in [-0.4, -0.2) is 18.1 Å². The van der Waals surface area contributed by atoms with Crippen LogP contribution in [0.25, 0.3) is 0 Å². The van der Waals surface area contributed by atoms with E-state index in [0.29, 0.717) is 0 Å². The van der Waals surface area contributed by atoms with Crippen LogP contribution in [0.5, 0.6) is 0 Å². The Hall–Kier alpha value is -0.980. The number of nitrogens with one attached hydrogen (secondary N) is 1. The minimum Gasteiger partial charge on any atom is -0.295 e. The monoisotopic (exact) mass is 302 g/mol. The first-order valence-electron chi connectivity index (χ1n) is 8.10. The van der Waals surface area contributed by atoms with E-state index in [1.54, 1.807) is 0 Å². The van der Waals surface area contributed by atoms with E-state index in [4.69, 9.17) is 0 Å². The van der Waals surface area contributed by atoms with Gasteiger partial charge >= 0.3 is 0 Å². The molecule has 0 radical (unpaired) electrons. The first-order chi connectivity index (χ1) is 10.3. The van der Waals surface area contributed by atoms with Gasteiger partial charge in [0.2, 0.25) is 0 Å². The number of thioether (sulfide) groups is 1. The lowest BCUT2D eigenvalue weighted by Crippen LogP contribution is -2.44. The Bertz CT molecular complexity index is 448. The Kier molecular flexibility index (Phi) is 6.60. The maximum Gasteiger partial charge on any atom is 0.141 e. The summed E-state index contributed by atoms with van der Waals surface area (Å²) in [4.78, 5) is 0. The number of benzene rings is 1. The summed E-state index contributed by atoms with van der Waals surface area (Å²) in [7, 11) is 0. The summed E-state index contributed by atoms with van der Waals surface area (Å²) in [5, 5.41) is 13.3. The van der Waals surface area contributed by atoms with Crippen molar-refractivity contribution in [3.63, 3.8) is 0 Å². The van der Waals surface area contributed by atoms with Gasteiger partial charge < -0.3 is 0 Å². The maximum absolute atomic E-state index is 9.82. The third-order valence-corrected chi connectivity index (χ3v) is 5.63. The fourth-order valence-electron chi connectivity index (χ4n) is 2.99. The fraction of sp³-hybridized carbons (Fsp3) is 0.611. The molecule has 0 saturated heterocycles. The topological polar surface area (TPSA) is 35.8 Å². The molecule has 2 nitrogen and oxygen atoms in total. The van der Waals surface area contributed by atoms with Gasteiger partial charge in [-0.1, -0.05) is 50.1 Å². The van der Waals surface area contributed by atoms with Crippen LogP contribution in [0.3, 0.4) is 0 Å². The van der Waals surface area contributed by atoms with Gasteiger partial charge in [-0.3, -0.25) is 5.32 Å². The molecule has 0 bridgehead atoms. The van der Waals surface area contributed by atoms with Crippen molar-refractivity contribution in [3.05, 3.63) is 35.9 Å². The third kappa shape index (κ3) is 4.49. The van der Waals surface area contributed by atoms with Gasteiger partial charge in [0.15, 0.2) is 0 Å². The second-order valence-electron chi connectivity index (χ2n) is 5.98. The molecule has 1 aromatic carbocycles. The summed E-state index contributed by atoms with van der Waals surface area (Å²) in [6, 6.07) is 12.8. The quantitative estimate of drug-likeness (QED) is 0.776. The Labute approximate surface area is 133 Å². The molecule has 1 aliphatic rings. The number of rotatable bonds is 8. The molecule has 1 unspecified atom stereocenters. The van der Waals surface area contributed by atoms with Crippen LogP contribution in [0, 0.1) is 17.2 Å². The molecule has 114 valence electrons. The van der Waals surface area contributed by atoms with Crippen molar-refractivity contribution in [1.29, 1.82) is 5.26 Å². The van der Waals surface area contributed by atoms with Crippen LogP contribution >= 0.6 is 11.8 Å². The first-order valence-corrected chi connectivity index (χ1v) is 9.26. The van der Waals surface area contributed by atoms with Gasteiger partial charge in [0.05, 0.1) is 6.07 Å². The molecule has 1 aromatic rings. The van der Waals surface area contributed by atoms with Crippen molar-refractivity contribution in [2.75, 3.05) is 18.1 Å². The lowest BCUT2D eigenvalue weighted by molar-refractivity contribution is 0.473. The van der Waals surface area contributed by atoms with E-state index in [1.165, 1.54) is 31.4 Å². The molecular weight excluding hydrogens is 276 g/mol. The van der Waals surface area contributed by atoms with Crippen LogP contribution in [-0.2, 0) is 5.54 Å². The number of nitriles is 1. The molecule has 1 fully saturated rings. The fourth-order valence-corrected chi connectivity index (χ4v) is 4.41. The minimum atomic E-state index is -0.541. The second kappa shape index (κ2) is 8.46. The van der Waals surface area contributed by atoms with E-state index in [9.17, 15) is 5.26 Å². The summed E-state index contributed by atoms with van der Waals surface area (Å²) in [6.45, 7) is 3.03. The molecule has 21 heavy (non-hydrogen) atoms. The summed E-state index contributed by atoms with van der Waals surface area (Å²) in [6.07, 6.45) is 6.58. The molecule has 3 heteroatoms. The van der Waals surface area contributed by atoms with Gasteiger partial charge in [0.1, 0.15) is 5.54 Å². The normalized spacial score (nSPS) is 18.3. The van der Waals surface area contributed by atoms with E-state index in [-0.39, 0.29) is 0 Å². The lowest BCUT2D eigenvalue weighted by atomic mass is 9.93. The largest absolute Gasteiger partial charge is 0.295 e. The average molecular weight is 302 g/mol. The molecule has 1 atom stereocenters. The predicted octanol–water partition coefficient (Wildman–Crippen LogP) is 4.33. The van der Waals surface area contributed by atoms with Crippen molar-refractivity contribution in [2.45, 2.75) is 44.6 Å². The Morgan fingerprint density at radius 1 is 1.29 bits per heavy atom. The number of hydrogen-bond acceptors (Lipinski definition) is 3. The molecule has 1 N–H and O–H groups in total. The summed E-state index contributed by atoms with van der Waals surface area (Å²) in [5.41, 5.74) is 0.556. The van der Waals surface area contributed by atoms with Crippen molar-refractivity contribution in [3.8, 4) is 6.07 Å². The van der Waals surface area contributed by atoms with E-state index in [2.05, 4.69) is 30.4 Å². The molecule has 2 rings (SSSR count). The first kappa shape index (κ1) is 16.4. The maximum atomic E-state index is 9.82. The molecule has 0 amide bonds. The second-order valence-corrected chi connectivity index (χ2v) is 7.01. The zero-order chi connectivity index (χ0) is 15.0. The third-order valence-electron chi connectivity index (χ3n) is 4.28. The molecule has 1 aliphatic carbocycles. The van der Waals surface area contributed by atoms with Crippen LogP contribution in [0.4, 0.5) is 0 Å². The highest BCUT2D eigenvalue weighted by Crippen LogP contribution is 2.31. The van der Waals surface area contributed by atoms with Gasteiger partial charge in [-0.25, -0.2) is 0 Å². The Morgan fingerprint density at radius 3 is 2.62 bits per heavy atom. The van der Waals surface area contributed by atoms with Crippen molar-refractivity contribution in [2.24, 2.45) is 5.92 Å². The highest BCUT2D eigenvalue weighted by atomic mass is 32.2. The molecule has 0 aliphatic heterocycles. The van der Waals surface area contributed by atoms with E-state index in [0.717, 1.165) is 30.2 Å². The predicted molar refractivity (Wildman–Crippen MR) is 91.3 cm³/mol. The highest BCUT2D eigenvalue weighted by molar-refractivity contribution is 7.99. The smallest absolute Gasteiger partial charge is 0.141 e. The Morgan fingerprint density at radius 2 is 2.00 bits per heavy atom.